The molecule has 0 unspecified atom stereocenters. The number of halogens is 3. The van der Waals surface area contributed by atoms with Crippen molar-refractivity contribution in [1.82, 2.24) is 10.3 Å². The molecule has 0 aliphatic carbocycles. The summed E-state index contributed by atoms with van der Waals surface area (Å²) in [5, 5.41) is 3.27. The monoisotopic (exact) mass is 322 g/mol. The fraction of sp³-hybridized carbons (Fsp3) is 0.353. The normalized spacial score (nSPS) is 18.8. The molecule has 1 atom stereocenters. The van der Waals surface area contributed by atoms with Crippen LogP contribution in [-0.2, 0) is 17.3 Å². The number of rotatable bonds is 3. The summed E-state index contributed by atoms with van der Waals surface area (Å²) in [5.74, 6) is 0. The van der Waals surface area contributed by atoms with Crippen LogP contribution in [0.2, 0.25) is 0 Å². The molecule has 2 heterocycles. The molecule has 0 amide bonds. The van der Waals surface area contributed by atoms with Gasteiger partial charge in [0.05, 0.1) is 18.3 Å². The summed E-state index contributed by atoms with van der Waals surface area (Å²) in [6, 6.07) is 9.83. The zero-order valence-corrected chi connectivity index (χ0v) is 12.4. The smallest absolute Gasteiger partial charge is 0.371 e. The first-order valence-electron chi connectivity index (χ1n) is 7.45. The summed E-state index contributed by atoms with van der Waals surface area (Å²) in [6.07, 6.45) is -2.74. The van der Waals surface area contributed by atoms with Crippen LogP contribution in [0.1, 0.15) is 28.5 Å². The molecule has 0 spiro atoms. The molecular weight excluding hydrogens is 305 g/mol. The molecule has 6 heteroatoms. The number of alkyl halides is 3. The molecule has 1 fully saturated rings. The van der Waals surface area contributed by atoms with Crippen LogP contribution in [0.4, 0.5) is 13.2 Å². The van der Waals surface area contributed by atoms with E-state index in [0.717, 1.165) is 36.3 Å². The average Bonchev–Trinajstić information content (AvgIpc) is 2.56. The molecular formula is C17H17F3N2O. The predicted molar refractivity (Wildman–Crippen MR) is 80.0 cm³/mol. The van der Waals surface area contributed by atoms with Gasteiger partial charge in [0.1, 0.15) is 0 Å². The van der Waals surface area contributed by atoms with E-state index in [0.29, 0.717) is 18.7 Å². The quantitative estimate of drug-likeness (QED) is 0.941. The number of aromatic nitrogens is 1. The van der Waals surface area contributed by atoms with E-state index in [1.165, 1.54) is 6.20 Å². The SMILES string of the molecule is FC(F)(F)c1ccnc(Cc2ccc([C@H]3CNCCO3)cc2)c1. The Bertz CT molecular complexity index is 650. The van der Waals surface area contributed by atoms with Crippen LogP contribution in [0.25, 0.3) is 0 Å². The Balaban J connectivity index is 1.71. The Morgan fingerprint density at radius 3 is 2.61 bits per heavy atom. The van der Waals surface area contributed by atoms with Gasteiger partial charge in [0.25, 0.3) is 0 Å². The fourth-order valence-corrected chi connectivity index (χ4v) is 2.59. The van der Waals surface area contributed by atoms with Gasteiger partial charge >= 0.3 is 6.18 Å². The lowest BCUT2D eigenvalue weighted by atomic mass is 10.0. The second kappa shape index (κ2) is 6.68. The van der Waals surface area contributed by atoms with Gasteiger partial charge < -0.3 is 10.1 Å². The van der Waals surface area contributed by atoms with Gasteiger partial charge in [-0.3, -0.25) is 4.98 Å². The number of hydrogen-bond donors (Lipinski definition) is 1. The van der Waals surface area contributed by atoms with Crippen molar-refractivity contribution in [2.45, 2.75) is 18.7 Å². The molecule has 1 aliphatic heterocycles. The van der Waals surface area contributed by atoms with Crippen molar-refractivity contribution in [2.75, 3.05) is 19.7 Å². The average molecular weight is 322 g/mol. The van der Waals surface area contributed by atoms with Gasteiger partial charge in [-0.2, -0.15) is 13.2 Å². The zero-order chi connectivity index (χ0) is 16.3. The first-order valence-corrected chi connectivity index (χ1v) is 7.45. The first-order chi connectivity index (χ1) is 11.0. The van der Waals surface area contributed by atoms with Crippen LogP contribution in [0, 0.1) is 0 Å². The van der Waals surface area contributed by atoms with E-state index in [1.54, 1.807) is 0 Å². The van der Waals surface area contributed by atoms with E-state index in [-0.39, 0.29) is 6.10 Å². The minimum Gasteiger partial charge on any atom is -0.371 e. The van der Waals surface area contributed by atoms with Gasteiger partial charge in [-0.15, -0.1) is 0 Å². The van der Waals surface area contributed by atoms with Gasteiger partial charge in [0.2, 0.25) is 0 Å². The molecule has 0 bridgehead atoms. The molecule has 1 N–H and O–H groups in total. The van der Waals surface area contributed by atoms with E-state index in [4.69, 9.17) is 4.74 Å². The Labute approximate surface area is 132 Å². The van der Waals surface area contributed by atoms with E-state index in [1.807, 2.05) is 24.3 Å². The van der Waals surface area contributed by atoms with Crippen LogP contribution < -0.4 is 5.32 Å². The van der Waals surface area contributed by atoms with Crippen LogP contribution >= 0.6 is 0 Å². The Kier molecular flexibility index (Phi) is 4.63. The standard InChI is InChI=1S/C17H17F3N2O/c18-17(19,20)14-5-6-22-15(10-14)9-12-1-3-13(4-2-12)16-11-21-7-8-23-16/h1-6,10,16,21H,7-9,11H2/t16-/m1/s1. The van der Waals surface area contributed by atoms with Crippen LogP contribution in [-0.4, -0.2) is 24.7 Å². The van der Waals surface area contributed by atoms with Crippen molar-refractivity contribution in [3.8, 4) is 0 Å². The summed E-state index contributed by atoms with van der Waals surface area (Å²) in [4.78, 5) is 4.03. The van der Waals surface area contributed by atoms with Gasteiger partial charge in [-0.05, 0) is 23.3 Å². The fourth-order valence-electron chi connectivity index (χ4n) is 2.59. The first kappa shape index (κ1) is 16.0. The zero-order valence-electron chi connectivity index (χ0n) is 12.4. The number of ether oxygens (including phenoxy) is 1. The second-order valence-corrected chi connectivity index (χ2v) is 5.52. The molecule has 3 nitrogen and oxygen atoms in total. The van der Waals surface area contributed by atoms with Crippen molar-refractivity contribution in [3.05, 3.63) is 65.0 Å². The van der Waals surface area contributed by atoms with Crippen LogP contribution in [0.15, 0.2) is 42.6 Å². The van der Waals surface area contributed by atoms with E-state index >= 15 is 0 Å². The van der Waals surface area contributed by atoms with E-state index in [2.05, 4.69) is 10.3 Å². The molecule has 1 aromatic carbocycles. The molecule has 1 aliphatic rings. The number of benzene rings is 1. The summed E-state index contributed by atoms with van der Waals surface area (Å²) < 4.78 is 43.8. The summed E-state index contributed by atoms with van der Waals surface area (Å²) in [5.41, 5.74) is 1.73. The van der Waals surface area contributed by atoms with E-state index < -0.39 is 11.7 Å². The third-order valence-corrected chi connectivity index (χ3v) is 3.81. The van der Waals surface area contributed by atoms with Gasteiger partial charge in [-0.1, -0.05) is 24.3 Å². The predicted octanol–water partition coefficient (Wildman–Crippen LogP) is 3.35. The number of hydrogen-bond acceptors (Lipinski definition) is 3. The molecule has 0 saturated carbocycles. The maximum absolute atomic E-state index is 12.7. The van der Waals surface area contributed by atoms with Crippen molar-refractivity contribution in [1.29, 1.82) is 0 Å². The molecule has 2 aromatic rings. The van der Waals surface area contributed by atoms with Crippen LogP contribution in [0.5, 0.6) is 0 Å². The number of morpholine rings is 1. The van der Waals surface area contributed by atoms with Crippen molar-refractivity contribution in [2.24, 2.45) is 0 Å². The van der Waals surface area contributed by atoms with Gasteiger partial charge in [0, 0.05) is 31.4 Å². The molecule has 122 valence electrons. The highest BCUT2D eigenvalue weighted by molar-refractivity contribution is 5.29. The highest BCUT2D eigenvalue weighted by Crippen LogP contribution is 2.29. The number of pyridine rings is 1. The molecule has 1 saturated heterocycles. The maximum Gasteiger partial charge on any atom is 0.416 e. The Morgan fingerprint density at radius 2 is 1.96 bits per heavy atom. The van der Waals surface area contributed by atoms with E-state index in [9.17, 15) is 13.2 Å². The molecule has 23 heavy (non-hydrogen) atoms. The summed E-state index contributed by atoms with van der Waals surface area (Å²) in [6.45, 7) is 2.31. The lowest BCUT2D eigenvalue weighted by Crippen LogP contribution is -2.33. The second-order valence-electron chi connectivity index (χ2n) is 5.52. The highest BCUT2D eigenvalue weighted by Gasteiger charge is 2.30. The lowest BCUT2D eigenvalue weighted by molar-refractivity contribution is -0.137. The number of nitrogens with one attached hydrogen (secondary N) is 1. The van der Waals surface area contributed by atoms with Crippen molar-refractivity contribution < 1.29 is 17.9 Å². The highest BCUT2D eigenvalue weighted by atomic mass is 19.4. The summed E-state index contributed by atoms with van der Waals surface area (Å²) >= 11 is 0. The molecule has 3 rings (SSSR count). The minimum atomic E-state index is -4.34. The van der Waals surface area contributed by atoms with Crippen molar-refractivity contribution in [3.63, 3.8) is 0 Å². The molecule has 1 aromatic heterocycles. The summed E-state index contributed by atoms with van der Waals surface area (Å²) in [7, 11) is 0. The lowest BCUT2D eigenvalue weighted by Gasteiger charge is -2.24. The molecule has 0 radical (unpaired) electrons. The van der Waals surface area contributed by atoms with Gasteiger partial charge in [0.15, 0.2) is 0 Å². The maximum atomic E-state index is 12.7. The minimum absolute atomic E-state index is 0.0319. The third-order valence-electron chi connectivity index (χ3n) is 3.81. The number of nitrogens with zero attached hydrogens (tertiary/aromatic N) is 1. The largest absolute Gasteiger partial charge is 0.416 e. The van der Waals surface area contributed by atoms with Gasteiger partial charge in [-0.25, -0.2) is 0 Å². The van der Waals surface area contributed by atoms with Crippen LogP contribution in [0.3, 0.4) is 0 Å². The topological polar surface area (TPSA) is 34.2 Å². The Hall–Kier alpha value is -1.92. The van der Waals surface area contributed by atoms with Crippen molar-refractivity contribution >= 4 is 0 Å². The third kappa shape index (κ3) is 4.09. The Morgan fingerprint density at radius 1 is 1.17 bits per heavy atom.